The summed E-state index contributed by atoms with van der Waals surface area (Å²) in [6.07, 6.45) is 2.62. The van der Waals surface area contributed by atoms with Crippen LogP contribution in [0.25, 0.3) is 0 Å². The van der Waals surface area contributed by atoms with Crippen molar-refractivity contribution in [3.63, 3.8) is 0 Å². The Morgan fingerprint density at radius 2 is 1.92 bits per heavy atom. The summed E-state index contributed by atoms with van der Waals surface area (Å²) in [5.74, 6) is 2.49. The van der Waals surface area contributed by atoms with E-state index in [9.17, 15) is 4.79 Å². The molecule has 1 aliphatic carbocycles. The lowest BCUT2D eigenvalue weighted by molar-refractivity contribution is -0.130. The largest absolute Gasteiger partial charge is 0.339 e. The van der Waals surface area contributed by atoms with Gasteiger partial charge in [0.15, 0.2) is 0 Å². The zero-order chi connectivity index (χ0) is 17.8. The molecule has 1 aromatic carbocycles. The second-order valence-electron chi connectivity index (χ2n) is 7.08. The highest BCUT2D eigenvalue weighted by Gasteiger charge is 2.27. The fourth-order valence-corrected chi connectivity index (χ4v) is 5.04. The molecule has 2 aromatic rings. The second kappa shape index (κ2) is 8.55. The molecule has 6 heteroatoms. The van der Waals surface area contributed by atoms with E-state index in [1.54, 1.807) is 23.1 Å². The third-order valence-electron chi connectivity index (χ3n) is 4.99. The van der Waals surface area contributed by atoms with E-state index >= 15 is 0 Å². The van der Waals surface area contributed by atoms with Gasteiger partial charge in [-0.25, -0.2) is 4.98 Å². The quantitative estimate of drug-likeness (QED) is 0.727. The van der Waals surface area contributed by atoms with Crippen LogP contribution in [0.4, 0.5) is 0 Å². The molecule has 1 aromatic heterocycles. The van der Waals surface area contributed by atoms with Gasteiger partial charge in [-0.05, 0) is 18.4 Å². The van der Waals surface area contributed by atoms with E-state index in [1.165, 1.54) is 29.1 Å². The molecule has 1 saturated heterocycles. The molecule has 0 N–H and O–H groups in total. The molecule has 138 valence electrons. The Bertz CT molecular complexity index is 722. The number of carbonyl (C=O) groups excluding carboxylic acids is 1. The maximum Gasteiger partial charge on any atom is 0.232 e. The van der Waals surface area contributed by atoms with E-state index < -0.39 is 0 Å². The van der Waals surface area contributed by atoms with E-state index in [1.807, 2.05) is 23.1 Å². The zero-order valence-corrected chi connectivity index (χ0v) is 16.6. The topological polar surface area (TPSA) is 36.4 Å². The minimum absolute atomic E-state index is 0.274. The standard InChI is InChI=1S/C20H25N3OS2/c24-20(15-25-13-16-4-2-1-3-5-16)23-10-8-22(9-11-23)12-19-21-18(14-26-19)17-6-7-17/h1-5,14,17H,6-13,15H2. The lowest BCUT2D eigenvalue weighted by atomic mass is 10.2. The van der Waals surface area contributed by atoms with Crippen molar-refractivity contribution in [3.05, 3.63) is 52.0 Å². The average molecular weight is 388 g/mol. The molecule has 4 nitrogen and oxygen atoms in total. The first-order valence-corrected chi connectivity index (χ1v) is 11.4. The molecule has 0 unspecified atom stereocenters. The van der Waals surface area contributed by atoms with Gasteiger partial charge >= 0.3 is 0 Å². The number of hydrogen-bond donors (Lipinski definition) is 0. The zero-order valence-electron chi connectivity index (χ0n) is 15.0. The Hall–Kier alpha value is -1.37. The smallest absolute Gasteiger partial charge is 0.232 e. The average Bonchev–Trinajstić information content (AvgIpc) is 3.43. The van der Waals surface area contributed by atoms with Crippen LogP contribution in [-0.2, 0) is 17.1 Å². The van der Waals surface area contributed by atoms with Crippen LogP contribution in [-0.4, -0.2) is 52.6 Å². The predicted molar refractivity (Wildman–Crippen MR) is 109 cm³/mol. The Morgan fingerprint density at radius 1 is 1.15 bits per heavy atom. The maximum atomic E-state index is 12.4. The molecule has 2 heterocycles. The van der Waals surface area contributed by atoms with Gasteiger partial charge in [0.05, 0.1) is 18.0 Å². The molecule has 4 rings (SSSR count). The Balaban J connectivity index is 1.17. The molecule has 26 heavy (non-hydrogen) atoms. The fourth-order valence-electron chi connectivity index (χ4n) is 3.23. The van der Waals surface area contributed by atoms with Crippen molar-refractivity contribution in [2.45, 2.75) is 31.1 Å². The predicted octanol–water partition coefficient (Wildman–Crippen LogP) is 3.60. The highest BCUT2D eigenvalue weighted by Crippen LogP contribution is 2.40. The highest BCUT2D eigenvalue weighted by atomic mass is 32.2. The first kappa shape index (κ1) is 18.0. The number of thioether (sulfide) groups is 1. The summed E-state index contributed by atoms with van der Waals surface area (Å²) in [7, 11) is 0. The van der Waals surface area contributed by atoms with Crippen molar-refractivity contribution < 1.29 is 4.79 Å². The van der Waals surface area contributed by atoms with Crippen LogP contribution < -0.4 is 0 Å². The van der Waals surface area contributed by atoms with Gasteiger partial charge < -0.3 is 4.90 Å². The number of hydrogen-bond acceptors (Lipinski definition) is 5. The molecular weight excluding hydrogens is 362 g/mol. The molecule has 1 saturated carbocycles. The molecule has 2 fully saturated rings. The molecule has 1 aliphatic heterocycles. The summed E-state index contributed by atoms with van der Waals surface area (Å²) in [5, 5.41) is 3.46. The first-order valence-electron chi connectivity index (χ1n) is 9.34. The summed E-state index contributed by atoms with van der Waals surface area (Å²) >= 11 is 3.50. The monoisotopic (exact) mass is 387 g/mol. The van der Waals surface area contributed by atoms with Gasteiger partial charge in [0, 0.05) is 43.2 Å². The molecule has 0 spiro atoms. The summed E-state index contributed by atoms with van der Waals surface area (Å²) in [5.41, 5.74) is 2.58. The van der Waals surface area contributed by atoms with Crippen LogP contribution in [0.5, 0.6) is 0 Å². The van der Waals surface area contributed by atoms with Crippen molar-refractivity contribution >= 4 is 29.0 Å². The molecule has 0 bridgehead atoms. The fraction of sp³-hybridized carbons (Fsp3) is 0.500. The molecule has 0 radical (unpaired) electrons. The van der Waals surface area contributed by atoms with Crippen molar-refractivity contribution in [2.75, 3.05) is 31.9 Å². The lowest BCUT2D eigenvalue weighted by Gasteiger charge is -2.34. The number of piperazine rings is 1. The SMILES string of the molecule is O=C(CSCc1ccccc1)N1CCN(Cc2nc(C3CC3)cs2)CC1. The van der Waals surface area contributed by atoms with Crippen LogP contribution in [0.2, 0.25) is 0 Å². The third-order valence-corrected chi connectivity index (χ3v) is 6.83. The van der Waals surface area contributed by atoms with E-state index in [0.29, 0.717) is 5.75 Å². The number of thiazole rings is 1. The van der Waals surface area contributed by atoms with Crippen molar-refractivity contribution in [2.24, 2.45) is 0 Å². The van der Waals surface area contributed by atoms with Crippen LogP contribution in [0.1, 0.15) is 35.0 Å². The first-order chi connectivity index (χ1) is 12.8. The van der Waals surface area contributed by atoms with Crippen molar-refractivity contribution in [1.29, 1.82) is 0 Å². The van der Waals surface area contributed by atoms with Gasteiger partial charge in [-0.15, -0.1) is 23.1 Å². The Kier molecular flexibility index (Phi) is 5.92. The minimum Gasteiger partial charge on any atom is -0.339 e. The molecular formula is C20H25N3OS2. The van der Waals surface area contributed by atoms with Gasteiger partial charge in [0.25, 0.3) is 0 Å². The number of carbonyl (C=O) groups is 1. The number of rotatable bonds is 7. The maximum absolute atomic E-state index is 12.4. The molecule has 1 amide bonds. The normalized spacial score (nSPS) is 18.2. The van der Waals surface area contributed by atoms with Gasteiger partial charge in [0.2, 0.25) is 5.91 Å². The van der Waals surface area contributed by atoms with Crippen molar-refractivity contribution in [3.8, 4) is 0 Å². The van der Waals surface area contributed by atoms with Crippen LogP contribution >= 0.6 is 23.1 Å². The number of amides is 1. The summed E-state index contributed by atoms with van der Waals surface area (Å²) in [6.45, 7) is 4.51. The Labute approximate surface area is 163 Å². The highest BCUT2D eigenvalue weighted by molar-refractivity contribution is 7.99. The van der Waals surface area contributed by atoms with E-state index in [0.717, 1.165) is 44.4 Å². The molecule has 2 aliphatic rings. The third kappa shape index (κ3) is 4.87. The summed E-state index contributed by atoms with van der Waals surface area (Å²) in [4.78, 5) is 21.6. The van der Waals surface area contributed by atoms with Crippen molar-refractivity contribution in [1.82, 2.24) is 14.8 Å². The minimum atomic E-state index is 0.274. The van der Waals surface area contributed by atoms with Gasteiger partial charge in [0.1, 0.15) is 5.01 Å². The lowest BCUT2D eigenvalue weighted by Crippen LogP contribution is -2.48. The van der Waals surface area contributed by atoms with Gasteiger partial charge in [-0.2, -0.15) is 0 Å². The summed E-state index contributed by atoms with van der Waals surface area (Å²) < 4.78 is 0. The van der Waals surface area contributed by atoms with Crippen LogP contribution in [0.15, 0.2) is 35.7 Å². The van der Waals surface area contributed by atoms with E-state index in [2.05, 4.69) is 22.4 Å². The summed E-state index contributed by atoms with van der Waals surface area (Å²) in [6, 6.07) is 10.4. The van der Waals surface area contributed by atoms with Crippen LogP contribution in [0, 0.1) is 0 Å². The van der Waals surface area contributed by atoms with E-state index in [-0.39, 0.29) is 5.91 Å². The van der Waals surface area contributed by atoms with Gasteiger partial charge in [-0.1, -0.05) is 30.3 Å². The van der Waals surface area contributed by atoms with E-state index in [4.69, 9.17) is 4.98 Å². The van der Waals surface area contributed by atoms with Crippen LogP contribution in [0.3, 0.4) is 0 Å². The second-order valence-corrected chi connectivity index (χ2v) is 9.00. The number of nitrogens with zero attached hydrogens (tertiary/aromatic N) is 3. The molecule has 0 atom stereocenters. The number of aromatic nitrogens is 1. The van der Waals surface area contributed by atoms with Gasteiger partial charge in [-0.3, -0.25) is 9.69 Å². The number of benzene rings is 1. The Morgan fingerprint density at radius 3 is 2.65 bits per heavy atom.